The molecule has 0 aliphatic carbocycles. The highest BCUT2D eigenvalue weighted by Crippen LogP contribution is 2.10. The van der Waals surface area contributed by atoms with Crippen LogP contribution in [-0.2, 0) is 0 Å². The van der Waals surface area contributed by atoms with Gasteiger partial charge in [-0.25, -0.2) is 0 Å². The van der Waals surface area contributed by atoms with Crippen molar-refractivity contribution in [2.75, 3.05) is 30.4 Å². The summed E-state index contributed by atoms with van der Waals surface area (Å²) >= 11 is 1.85. The fourth-order valence-electron chi connectivity index (χ4n) is 1.48. The highest BCUT2D eigenvalue weighted by atomic mass is 32.2. The van der Waals surface area contributed by atoms with Crippen molar-refractivity contribution in [3.05, 3.63) is 29.8 Å². The van der Waals surface area contributed by atoms with Gasteiger partial charge in [-0.2, -0.15) is 11.8 Å². The second-order valence-electron chi connectivity index (χ2n) is 3.71. The lowest BCUT2D eigenvalue weighted by atomic mass is 10.2. The van der Waals surface area contributed by atoms with Gasteiger partial charge >= 0.3 is 0 Å². The van der Waals surface area contributed by atoms with Gasteiger partial charge in [-0.15, -0.1) is 0 Å². The normalized spacial score (nSPS) is 10.0. The lowest BCUT2D eigenvalue weighted by molar-refractivity contribution is 0.0956. The first-order valence-electron chi connectivity index (χ1n) is 5.89. The Hall–Kier alpha value is -1.16. The maximum atomic E-state index is 11.6. The van der Waals surface area contributed by atoms with E-state index in [0.29, 0.717) is 12.1 Å². The molecular weight excluding hydrogens is 232 g/mol. The quantitative estimate of drug-likeness (QED) is 0.733. The fourth-order valence-corrected chi connectivity index (χ4v) is 1.92. The van der Waals surface area contributed by atoms with Crippen molar-refractivity contribution in [3.63, 3.8) is 0 Å². The first kappa shape index (κ1) is 13.9. The SMILES string of the molecule is CCNC(=O)c1cccc(NCCCSC)c1. The Labute approximate surface area is 107 Å². The summed E-state index contributed by atoms with van der Waals surface area (Å²) in [6, 6.07) is 7.62. The van der Waals surface area contributed by atoms with E-state index in [-0.39, 0.29) is 5.91 Å². The molecule has 94 valence electrons. The number of hydrogen-bond donors (Lipinski definition) is 2. The molecule has 1 amide bonds. The zero-order valence-electron chi connectivity index (χ0n) is 10.5. The van der Waals surface area contributed by atoms with Crippen LogP contribution in [0.15, 0.2) is 24.3 Å². The molecule has 0 radical (unpaired) electrons. The van der Waals surface area contributed by atoms with Gasteiger partial charge in [0.15, 0.2) is 0 Å². The summed E-state index contributed by atoms with van der Waals surface area (Å²) in [6.45, 7) is 3.52. The lowest BCUT2D eigenvalue weighted by Crippen LogP contribution is -2.22. The average molecular weight is 252 g/mol. The lowest BCUT2D eigenvalue weighted by Gasteiger charge is -2.08. The van der Waals surface area contributed by atoms with Gasteiger partial charge in [0.2, 0.25) is 0 Å². The van der Waals surface area contributed by atoms with Crippen molar-refractivity contribution < 1.29 is 4.79 Å². The van der Waals surface area contributed by atoms with E-state index in [9.17, 15) is 4.79 Å². The summed E-state index contributed by atoms with van der Waals surface area (Å²) in [6.07, 6.45) is 3.24. The molecule has 1 aromatic carbocycles. The molecule has 0 heterocycles. The van der Waals surface area contributed by atoms with Crippen LogP contribution in [0, 0.1) is 0 Å². The van der Waals surface area contributed by atoms with Gasteiger partial charge in [-0.1, -0.05) is 6.07 Å². The number of amides is 1. The van der Waals surface area contributed by atoms with Gasteiger partial charge in [0, 0.05) is 24.3 Å². The van der Waals surface area contributed by atoms with E-state index >= 15 is 0 Å². The van der Waals surface area contributed by atoms with E-state index in [2.05, 4.69) is 16.9 Å². The van der Waals surface area contributed by atoms with Gasteiger partial charge in [0.1, 0.15) is 0 Å². The van der Waals surface area contributed by atoms with Gasteiger partial charge < -0.3 is 10.6 Å². The standard InChI is InChI=1S/C13H20N2OS/c1-3-14-13(16)11-6-4-7-12(10-11)15-8-5-9-17-2/h4,6-7,10,15H,3,5,8-9H2,1-2H3,(H,14,16). The number of benzene rings is 1. The minimum atomic E-state index is -0.0136. The number of anilines is 1. The number of nitrogens with one attached hydrogen (secondary N) is 2. The zero-order chi connectivity index (χ0) is 12.5. The van der Waals surface area contributed by atoms with Crippen molar-refractivity contribution >= 4 is 23.4 Å². The van der Waals surface area contributed by atoms with Gasteiger partial charge in [0.05, 0.1) is 0 Å². The molecule has 2 N–H and O–H groups in total. The molecule has 1 rings (SSSR count). The molecule has 0 unspecified atom stereocenters. The molecule has 4 heteroatoms. The molecule has 0 fully saturated rings. The van der Waals surface area contributed by atoms with Crippen LogP contribution in [0.5, 0.6) is 0 Å². The maximum Gasteiger partial charge on any atom is 0.251 e. The smallest absolute Gasteiger partial charge is 0.251 e. The monoisotopic (exact) mass is 252 g/mol. The molecule has 0 bridgehead atoms. The molecule has 0 saturated carbocycles. The largest absolute Gasteiger partial charge is 0.385 e. The predicted molar refractivity (Wildman–Crippen MR) is 75.9 cm³/mol. The fraction of sp³-hybridized carbons (Fsp3) is 0.462. The van der Waals surface area contributed by atoms with E-state index in [1.165, 1.54) is 0 Å². The second-order valence-corrected chi connectivity index (χ2v) is 4.70. The summed E-state index contributed by atoms with van der Waals surface area (Å²) < 4.78 is 0. The van der Waals surface area contributed by atoms with E-state index in [1.807, 2.05) is 43.0 Å². The Morgan fingerprint density at radius 2 is 2.24 bits per heavy atom. The van der Waals surface area contributed by atoms with Crippen LogP contribution in [-0.4, -0.2) is 31.0 Å². The van der Waals surface area contributed by atoms with Crippen LogP contribution in [0.1, 0.15) is 23.7 Å². The number of hydrogen-bond acceptors (Lipinski definition) is 3. The van der Waals surface area contributed by atoms with Crippen molar-refractivity contribution in [3.8, 4) is 0 Å². The summed E-state index contributed by atoms with van der Waals surface area (Å²) in [4.78, 5) is 11.6. The minimum absolute atomic E-state index is 0.0136. The minimum Gasteiger partial charge on any atom is -0.385 e. The molecular formula is C13H20N2OS. The van der Waals surface area contributed by atoms with Crippen molar-refractivity contribution in [2.24, 2.45) is 0 Å². The summed E-state index contributed by atoms with van der Waals surface area (Å²) in [7, 11) is 0. The highest BCUT2D eigenvalue weighted by molar-refractivity contribution is 7.98. The third-order valence-electron chi connectivity index (χ3n) is 2.32. The topological polar surface area (TPSA) is 41.1 Å². The van der Waals surface area contributed by atoms with Gasteiger partial charge in [0.25, 0.3) is 5.91 Å². The van der Waals surface area contributed by atoms with E-state index in [4.69, 9.17) is 0 Å². The maximum absolute atomic E-state index is 11.6. The number of carbonyl (C=O) groups is 1. The third kappa shape index (κ3) is 5.13. The molecule has 0 aliphatic heterocycles. The van der Waals surface area contributed by atoms with Gasteiger partial charge in [-0.3, -0.25) is 4.79 Å². The Morgan fingerprint density at radius 3 is 2.94 bits per heavy atom. The van der Waals surface area contributed by atoms with Crippen LogP contribution < -0.4 is 10.6 Å². The Bertz CT molecular complexity index is 355. The predicted octanol–water partition coefficient (Wildman–Crippen LogP) is 2.60. The van der Waals surface area contributed by atoms with Crippen molar-refractivity contribution in [2.45, 2.75) is 13.3 Å². The molecule has 1 aromatic rings. The number of carbonyl (C=O) groups excluding carboxylic acids is 1. The highest BCUT2D eigenvalue weighted by Gasteiger charge is 2.03. The third-order valence-corrected chi connectivity index (χ3v) is 3.01. The Balaban J connectivity index is 2.50. The van der Waals surface area contributed by atoms with E-state index < -0.39 is 0 Å². The summed E-state index contributed by atoms with van der Waals surface area (Å²) in [5.74, 6) is 1.14. The van der Waals surface area contributed by atoms with Crippen molar-refractivity contribution in [1.29, 1.82) is 0 Å². The van der Waals surface area contributed by atoms with Crippen LogP contribution >= 0.6 is 11.8 Å². The molecule has 0 aromatic heterocycles. The van der Waals surface area contributed by atoms with Crippen molar-refractivity contribution in [1.82, 2.24) is 5.32 Å². The van der Waals surface area contributed by atoms with Gasteiger partial charge in [-0.05, 0) is 43.6 Å². The zero-order valence-corrected chi connectivity index (χ0v) is 11.3. The summed E-state index contributed by atoms with van der Waals surface area (Å²) in [5.41, 5.74) is 1.72. The first-order valence-corrected chi connectivity index (χ1v) is 7.28. The van der Waals surface area contributed by atoms with Crippen LogP contribution in [0.25, 0.3) is 0 Å². The molecule has 0 aliphatic rings. The average Bonchev–Trinajstić information content (AvgIpc) is 2.35. The van der Waals surface area contributed by atoms with Crippen LogP contribution in [0.3, 0.4) is 0 Å². The Morgan fingerprint density at radius 1 is 1.41 bits per heavy atom. The molecule has 0 saturated heterocycles. The Kier molecular flexibility index (Phi) is 6.55. The van der Waals surface area contributed by atoms with E-state index in [0.717, 1.165) is 24.4 Å². The molecule has 17 heavy (non-hydrogen) atoms. The van der Waals surface area contributed by atoms with E-state index in [1.54, 1.807) is 0 Å². The molecule has 0 atom stereocenters. The van der Waals surface area contributed by atoms with Crippen LogP contribution in [0.4, 0.5) is 5.69 Å². The second kappa shape index (κ2) is 8.01. The number of thioether (sulfide) groups is 1. The van der Waals surface area contributed by atoms with Crippen LogP contribution in [0.2, 0.25) is 0 Å². The summed E-state index contributed by atoms with van der Waals surface area (Å²) in [5, 5.41) is 6.12. The molecule has 3 nitrogen and oxygen atoms in total. The number of rotatable bonds is 7. The first-order chi connectivity index (χ1) is 8.27. The molecule has 0 spiro atoms.